The quantitative estimate of drug-likeness (QED) is 0.243. The topological polar surface area (TPSA) is 108 Å². The minimum absolute atomic E-state index is 0.0863. The van der Waals surface area contributed by atoms with Crippen LogP contribution in [0.2, 0.25) is 5.02 Å². The molecule has 0 saturated carbocycles. The number of carbonyl (C=O) groups is 2. The Hall–Kier alpha value is -2.63. The van der Waals surface area contributed by atoms with Crippen molar-refractivity contribution in [2.75, 3.05) is 13.2 Å². The number of benzene rings is 2. The van der Waals surface area contributed by atoms with Crippen LogP contribution in [-0.2, 0) is 4.79 Å². The van der Waals surface area contributed by atoms with E-state index >= 15 is 0 Å². The molecule has 2 aromatic carbocycles. The van der Waals surface area contributed by atoms with E-state index in [0.717, 1.165) is 21.2 Å². The van der Waals surface area contributed by atoms with Crippen molar-refractivity contribution in [3.8, 4) is 17.0 Å². The second kappa shape index (κ2) is 10.7. The van der Waals surface area contributed by atoms with Gasteiger partial charge in [0.25, 0.3) is 5.91 Å². The van der Waals surface area contributed by atoms with E-state index in [1.807, 2.05) is 25.1 Å². The number of aliphatic hydroxyl groups excluding tert-OH is 1. The van der Waals surface area contributed by atoms with Crippen molar-refractivity contribution in [3.63, 3.8) is 0 Å². The van der Waals surface area contributed by atoms with E-state index in [0.29, 0.717) is 28.6 Å². The average molecular weight is 595 g/mol. The molecule has 10 heteroatoms. The number of imidazole rings is 1. The molecule has 0 aliphatic carbocycles. The highest BCUT2D eigenvalue weighted by atomic mass is 127. The van der Waals surface area contributed by atoms with Gasteiger partial charge in [-0.15, -0.1) is 0 Å². The minimum atomic E-state index is -0.793. The number of aromatic nitrogens is 2. The molecule has 0 unspecified atom stereocenters. The van der Waals surface area contributed by atoms with Crippen LogP contribution in [0.15, 0.2) is 48.7 Å². The summed E-state index contributed by atoms with van der Waals surface area (Å²) in [5.41, 5.74) is 2.17. The first kappa shape index (κ1) is 24.5. The van der Waals surface area contributed by atoms with Gasteiger partial charge in [0.15, 0.2) is 0 Å². The molecule has 3 N–H and O–H groups in total. The van der Waals surface area contributed by atoms with Gasteiger partial charge in [0.05, 0.1) is 29.6 Å². The maximum absolute atomic E-state index is 13.3. The van der Waals surface area contributed by atoms with Gasteiger partial charge in [-0.1, -0.05) is 43.1 Å². The van der Waals surface area contributed by atoms with Gasteiger partial charge in [0.1, 0.15) is 24.2 Å². The van der Waals surface area contributed by atoms with Crippen LogP contribution in [0.5, 0.6) is 5.75 Å². The zero-order valence-corrected chi connectivity index (χ0v) is 21.3. The van der Waals surface area contributed by atoms with E-state index in [1.54, 1.807) is 30.5 Å². The highest BCUT2D eigenvalue weighted by Gasteiger charge is 2.43. The van der Waals surface area contributed by atoms with Crippen molar-refractivity contribution in [1.29, 1.82) is 0 Å². The van der Waals surface area contributed by atoms with Crippen molar-refractivity contribution >= 4 is 46.1 Å². The monoisotopic (exact) mass is 594 g/mol. The van der Waals surface area contributed by atoms with Gasteiger partial charge in [-0.3, -0.25) is 9.69 Å². The lowest BCUT2D eigenvalue weighted by Crippen LogP contribution is -2.35. The van der Waals surface area contributed by atoms with E-state index < -0.39 is 18.1 Å². The number of hydrogen-bond acceptors (Lipinski definition) is 5. The van der Waals surface area contributed by atoms with Crippen molar-refractivity contribution < 1.29 is 19.4 Å². The molecule has 2 heterocycles. The zero-order chi connectivity index (χ0) is 24.2. The number of amides is 3. The Kier molecular flexibility index (Phi) is 7.74. The summed E-state index contributed by atoms with van der Waals surface area (Å²) in [4.78, 5) is 35.3. The molecule has 1 fully saturated rings. The van der Waals surface area contributed by atoms with Gasteiger partial charge >= 0.3 is 6.03 Å². The van der Waals surface area contributed by atoms with Gasteiger partial charge in [-0.2, -0.15) is 0 Å². The number of H-pyrrole nitrogens is 1. The number of urea groups is 1. The predicted octanol–water partition coefficient (Wildman–Crippen LogP) is 4.84. The number of aliphatic hydroxyl groups is 1. The number of rotatable bonds is 9. The SMILES string of the molecule is CCC[C@@H](c1ncc(-c2ccc(I)cc2Cl)[nH]1)N1C(=O)N[C@H](c2ccc(OCCO)cc2)C1=O. The Morgan fingerprint density at radius 2 is 2.00 bits per heavy atom. The third-order valence-corrected chi connectivity index (χ3v) is 6.53. The Labute approximate surface area is 215 Å². The molecule has 0 radical (unpaired) electrons. The van der Waals surface area contributed by atoms with Crippen LogP contribution in [0.25, 0.3) is 11.3 Å². The smallest absolute Gasteiger partial charge is 0.325 e. The molecule has 1 saturated heterocycles. The number of hydrogen-bond donors (Lipinski definition) is 3. The number of ether oxygens (including phenoxy) is 1. The van der Waals surface area contributed by atoms with Gasteiger partial charge in [0.2, 0.25) is 0 Å². The third-order valence-electron chi connectivity index (χ3n) is 5.55. The van der Waals surface area contributed by atoms with Crippen LogP contribution >= 0.6 is 34.2 Å². The largest absolute Gasteiger partial charge is 0.491 e. The van der Waals surface area contributed by atoms with Crippen LogP contribution in [0, 0.1) is 3.57 Å². The normalized spacial score (nSPS) is 16.6. The standard InChI is InChI=1S/C24H24ClIN4O4/c1-2-3-20(22-27-13-19(28-22)17-9-6-15(26)12-18(17)25)30-23(32)21(29-24(30)33)14-4-7-16(8-5-14)34-11-10-31/h4-9,12-13,20-21,31H,2-3,10-11H2,1H3,(H,27,28)(H,29,33)/t20-,21+/m0/s1. The van der Waals surface area contributed by atoms with Crippen LogP contribution < -0.4 is 10.1 Å². The maximum atomic E-state index is 13.3. The number of nitrogens with one attached hydrogen (secondary N) is 2. The molecule has 8 nitrogen and oxygen atoms in total. The summed E-state index contributed by atoms with van der Waals surface area (Å²) in [5, 5.41) is 12.3. The Balaban J connectivity index is 1.58. The fraction of sp³-hybridized carbons (Fsp3) is 0.292. The van der Waals surface area contributed by atoms with Crippen molar-refractivity contribution in [1.82, 2.24) is 20.2 Å². The fourth-order valence-corrected chi connectivity index (χ4v) is 4.90. The van der Waals surface area contributed by atoms with Crippen molar-refractivity contribution in [2.45, 2.75) is 31.8 Å². The first-order valence-corrected chi connectivity index (χ1v) is 12.4. The minimum Gasteiger partial charge on any atom is -0.491 e. The Morgan fingerprint density at radius 1 is 1.24 bits per heavy atom. The predicted molar refractivity (Wildman–Crippen MR) is 137 cm³/mol. The lowest BCUT2D eigenvalue weighted by Gasteiger charge is -2.23. The number of carbonyl (C=O) groups excluding carboxylic acids is 2. The molecule has 0 spiro atoms. The van der Waals surface area contributed by atoms with E-state index in [1.165, 1.54) is 4.90 Å². The van der Waals surface area contributed by atoms with Gasteiger partial charge in [-0.05, 0) is 58.8 Å². The summed E-state index contributed by atoms with van der Waals surface area (Å²) < 4.78 is 6.39. The van der Waals surface area contributed by atoms with E-state index in [9.17, 15) is 9.59 Å². The molecule has 0 bridgehead atoms. The summed E-state index contributed by atoms with van der Waals surface area (Å²) in [7, 11) is 0. The van der Waals surface area contributed by atoms with Gasteiger partial charge in [-0.25, -0.2) is 9.78 Å². The summed E-state index contributed by atoms with van der Waals surface area (Å²) in [5.74, 6) is 0.772. The van der Waals surface area contributed by atoms with Crippen LogP contribution in [-0.4, -0.2) is 45.1 Å². The molecular formula is C24H24ClIN4O4. The number of nitrogens with zero attached hydrogens (tertiary/aromatic N) is 2. The number of halogens is 2. The summed E-state index contributed by atoms with van der Waals surface area (Å²) in [6.07, 6.45) is 2.99. The fourth-order valence-electron chi connectivity index (χ4n) is 3.95. The summed E-state index contributed by atoms with van der Waals surface area (Å²) in [6.45, 7) is 2.09. The molecule has 178 valence electrons. The lowest BCUT2D eigenvalue weighted by atomic mass is 10.1. The highest BCUT2D eigenvalue weighted by Crippen LogP contribution is 2.34. The van der Waals surface area contributed by atoms with Crippen molar-refractivity contribution in [3.05, 3.63) is 68.6 Å². The lowest BCUT2D eigenvalue weighted by molar-refractivity contribution is -0.129. The van der Waals surface area contributed by atoms with E-state index in [2.05, 4.69) is 37.9 Å². The van der Waals surface area contributed by atoms with E-state index in [-0.39, 0.29) is 19.1 Å². The first-order chi connectivity index (χ1) is 16.4. The van der Waals surface area contributed by atoms with Crippen molar-refractivity contribution in [2.24, 2.45) is 0 Å². The molecule has 1 aromatic heterocycles. The second-order valence-electron chi connectivity index (χ2n) is 7.84. The number of imide groups is 1. The number of aromatic amines is 1. The van der Waals surface area contributed by atoms with Crippen LogP contribution in [0.1, 0.15) is 43.2 Å². The van der Waals surface area contributed by atoms with E-state index in [4.69, 9.17) is 21.4 Å². The molecule has 1 aliphatic heterocycles. The Morgan fingerprint density at radius 3 is 2.68 bits per heavy atom. The van der Waals surface area contributed by atoms with Gasteiger partial charge < -0.3 is 20.1 Å². The first-order valence-electron chi connectivity index (χ1n) is 10.9. The molecular weight excluding hydrogens is 571 g/mol. The molecule has 1 aliphatic rings. The maximum Gasteiger partial charge on any atom is 0.325 e. The summed E-state index contributed by atoms with van der Waals surface area (Å²) >= 11 is 8.61. The highest BCUT2D eigenvalue weighted by molar-refractivity contribution is 14.1. The average Bonchev–Trinajstić information content (AvgIpc) is 3.41. The zero-order valence-electron chi connectivity index (χ0n) is 18.4. The van der Waals surface area contributed by atoms with Crippen LogP contribution in [0.4, 0.5) is 4.79 Å². The summed E-state index contributed by atoms with van der Waals surface area (Å²) in [6, 6.07) is 10.8. The molecule has 3 amide bonds. The molecule has 34 heavy (non-hydrogen) atoms. The van der Waals surface area contributed by atoms with Gasteiger partial charge in [0, 0.05) is 9.13 Å². The van der Waals surface area contributed by atoms with Crippen LogP contribution in [0.3, 0.4) is 0 Å². The molecule has 4 rings (SSSR count). The Bertz CT molecular complexity index is 1180. The molecule has 2 atom stereocenters. The second-order valence-corrected chi connectivity index (χ2v) is 9.50. The molecule has 3 aromatic rings. The third kappa shape index (κ3) is 5.06.